The molecule has 4 heterocycles. The highest BCUT2D eigenvalue weighted by Gasteiger charge is 2.20. The Bertz CT molecular complexity index is 1320. The number of carbonyl (C=O) groups is 1. The molecule has 1 aliphatic heterocycles. The molecule has 1 aliphatic rings. The number of benzene rings is 1. The van der Waals surface area contributed by atoms with Crippen LogP contribution >= 0.6 is 0 Å². The van der Waals surface area contributed by atoms with Crippen LogP contribution in [0.3, 0.4) is 0 Å². The van der Waals surface area contributed by atoms with Crippen LogP contribution < -0.4 is 4.90 Å². The van der Waals surface area contributed by atoms with Crippen LogP contribution in [-0.4, -0.2) is 67.9 Å². The number of piperazine rings is 1. The van der Waals surface area contributed by atoms with E-state index in [0.29, 0.717) is 11.6 Å². The normalized spacial score (nSPS) is 14.8. The van der Waals surface area contributed by atoms with Gasteiger partial charge in [-0.1, -0.05) is 17.3 Å². The molecule has 1 aromatic carbocycles. The first-order chi connectivity index (χ1) is 16.5. The molecule has 0 N–H and O–H groups in total. The van der Waals surface area contributed by atoms with Gasteiger partial charge in [0.1, 0.15) is 11.5 Å². The zero-order valence-electron chi connectivity index (χ0n) is 19.8. The molecule has 0 amide bonds. The zero-order valence-corrected chi connectivity index (χ0v) is 19.8. The van der Waals surface area contributed by atoms with E-state index in [2.05, 4.69) is 50.0 Å². The zero-order chi connectivity index (χ0) is 23.7. The Morgan fingerprint density at radius 1 is 1.00 bits per heavy atom. The fourth-order valence-corrected chi connectivity index (χ4v) is 4.42. The molecule has 0 atom stereocenters. The SMILES string of the molecule is CC(C)N1CCN(c2cc(C(=O)Cc3cc4cc(-c5cn(C)nn5)ccc4cn3)ccn2)CC1. The van der Waals surface area contributed by atoms with Crippen molar-refractivity contribution in [3.05, 3.63) is 66.2 Å². The molecule has 0 unspecified atom stereocenters. The van der Waals surface area contributed by atoms with Crippen LogP contribution in [0.1, 0.15) is 29.9 Å². The van der Waals surface area contributed by atoms with Crippen LogP contribution in [0.15, 0.2) is 55.0 Å². The van der Waals surface area contributed by atoms with E-state index in [1.54, 1.807) is 16.9 Å². The maximum absolute atomic E-state index is 13.1. The smallest absolute Gasteiger partial charge is 0.169 e. The predicted octanol–water partition coefficient (Wildman–Crippen LogP) is 3.38. The van der Waals surface area contributed by atoms with Crippen molar-refractivity contribution in [2.45, 2.75) is 26.3 Å². The Kier molecular flexibility index (Phi) is 6.06. The van der Waals surface area contributed by atoms with Crippen LogP contribution in [0.4, 0.5) is 5.82 Å². The van der Waals surface area contributed by atoms with Crippen molar-refractivity contribution in [2.75, 3.05) is 31.1 Å². The Morgan fingerprint density at radius 3 is 2.56 bits per heavy atom. The van der Waals surface area contributed by atoms with Crippen LogP contribution in [-0.2, 0) is 13.5 Å². The van der Waals surface area contributed by atoms with Crippen molar-refractivity contribution in [3.63, 3.8) is 0 Å². The third-order valence-corrected chi connectivity index (χ3v) is 6.45. The number of carbonyl (C=O) groups excluding carboxylic acids is 1. The number of fused-ring (bicyclic) bond motifs is 1. The van der Waals surface area contributed by atoms with Crippen molar-refractivity contribution in [2.24, 2.45) is 7.05 Å². The van der Waals surface area contributed by atoms with Crippen LogP contribution in [0.25, 0.3) is 22.0 Å². The Labute approximate surface area is 199 Å². The lowest BCUT2D eigenvalue weighted by molar-refractivity contribution is 0.0992. The molecule has 3 aromatic heterocycles. The number of hydrogen-bond acceptors (Lipinski definition) is 7. The van der Waals surface area contributed by atoms with Gasteiger partial charge in [-0.2, -0.15) is 0 Å². The Hall–Kier alpha value is -3.65. The number of ketones is 1. The van der Waals surface area contributed by atoms with Gasteiger partial charge in [-0.15, -0.1) is 5.10 Å². The minimum Gasteiger partial charge on any atom is -0.354 e. The molecule has 5 rings (SSSR count). The van der Waals surface area contributed by atoms with Crippen molar-refractivity contribution < 1.29 is 4.79 Å². The van der Waals surface area contributed by atoms with E-state index in [1.165, 1.54) is 0 Å². The molecule has 0 saturated carbocycles. The average Bonchev–Trinajstić information content (AvgIpc) is 3.30. The van der Waals surface area contributed by atoms with Crippen molar-refractivity contribution >= 4 is 22.4 Å². The second kappa shape index (κ2) is 9.30. The van der Waals surface area contributed by atoms with Gasteiger partial charge in [0.2, 0.25) is 0 Å². The lowest BCUT2D eigenvalue weighted by Crippen LogP contribution is -2.49. The highest BCUT2D eigenvalue weighted by atomic mass is 16.1. The fourth-order valence-electron chi connectivity index (χ4n) is 4.42. The average molecular weight is 456 g/mol. The second-order valence-corrected chi connectivity index (χ2v) is 9.13. The van der Waals surface area contributed by atoms with E-state index in [4.69, 9.17) is 0 Å². The Morgan fingerprint density at radius 2 is 1.82 bits per heavy atom. The predicted molar refractivity (Wildman–Crippen MR) is 133 cm³/mol. The summed E-state index contributed by atoms with van der Waals surface area (Å²) in [4.78, 5) is 26.9. The van der Waals surface area contributed by atoms with Gasteiger partial charge in [-0.25, -0.2) is 4.98 Å². The van der Waals surface area contributed by atoms with Crippen molar-refractivity contribution in [1.29, 1.82) is 0 Å². The van der Waals surface area contributed by atoms with Gasteiger partial charge >= 0.3 is 0 Å². The third kappa shape index (κ3) is 4.68. The summed E-state index contributed by atoms with van der Waals surface area (Å²) in [6.45, 7) is 8.31. The molecule has 0 aliphatic carbocycles. The first-order valence-corrected chi connectivity index (χ1v) is 11.7. The molecule has 34 heavy (non-hydrogen) atoms. The minimum atomic E-state index is 0.0430. The largest absolute Gasteiger partial charge is 0.354 e. The first kappa shape index (κ1) is 22.2. The van der Waals surface area contributed by atoms with Crippen LogP contribution in [0.5, 0.6) is 0 Å². The van der Waals surface area contributed by atoms with Gasteiger partial charge in [-0.05, 0) is 43.5 Å². The molecule has 1 saturated heterocycles. The van der Waals surface area contributed by atoms with Gasteiger partial charge in [0, 0.05) is 73.9 Å². The number of hydrogen-bond donors (Lipinski definition) is 0. The summed E-state index contributed by atoms with van der Waals surface area (Å²) in [5, 5.41) is 10.3. The van der Waals surface area contributed by atoms with Gasteiger partial charge in [0.25, 0.3) is 0 Å². The number of aromatic nitrogens is 5. The minimum absolute atomic E-state index is 0.0430. The molecular weight excluding hydrogens is 426 g/mol. The molecular formula is C26H29N7O. The number of aryl methyl sites for hydroxylation is 1. The summed E-state index contributed by atoms with van der Waals surface area (Å²) in [5.74, 6) is 0.913. The van der Waals surface area contributed by atoms with Gasteiger partial charge in [0.15, 0.2) is 5.78 Å². The van der Waals surface area contributed by atoms with E-state index in [-0.39, 0.29) is 12.2 Å². The highest BCUT2D eigenvalue weighted by Crippen LogP contribution is 2.24. The van der Waals surface area contributed by atoms with Gasteiger partial charge in [0.05, 0.1) is 12.6 Å². The first-order valence-electron chi connectivity index (χ1n) is 11.7. The monoisotopic (exact) mass is 455 g/mol. The quantitative estimate of drug-likeness (QED) is 0.412. The molecule has 174 valence electrons. The second-order valence-electron chi connectivity index (χ2n) is 9.13. The number of Topliss-reactive ketones (excluding diaryl/α,β-unsaturated/α-hetero) is 1. The van der Waals surface area contributed by atoms with Crippen molar-refractivity contribution in [3.8, 4) is 11.3 Å². The number of anilines is 1. The standard InChI is InChI=1S/C26H29N7O/c1-18(2)32-8-10-33(11-9-32)26-14-20(6-7-27-26)25(34)15-23-13-22-12-19(4-5-21(22)16-28-23)24-17-31(3)30-29-24/h4-7,12-14,16-18H,8-11,15H2,1-3H3. The van der Waals surface area contributed by atoms with E-state index in [0.717, 1.165) is 59.7 Å². The number of nitrogens with zero attached hydrogens (tertiary/aromatic N) is 7. The Balaban J connectivity index is 1.32. The molecule has 8 heteroatoms. The van der Waals surface area contributed by atoms with E-state index >= 15 is 0 Å². The topological polar surface area (TPSA) is 80.0 Å². The molecule has 0 bridgehead atoms. The summed E-state index contributed by atoms with van der Waals surface area (Å²) in [6.07, 6.45) is 5.69. The van der Waals surface area contributed by atoms with E-state index in [9.17, 15) is 4.79 Å². The molecule has 8 nitrogen and oxygen atoms in total. The molecule has 0 radical (unpaired) electrons. The van der Waals surface area contributed by atoms with E-state index in [1.807, 2.05) is 43.7 Å². The van der Waals surface area contributed by atoms with Crippen LogP contribution in [0, 0.1) is 0 Å². The summed E-state index contributed by atoms with van der Waals surface area (Å²) in [5.41, 5.74) is 3.22. The maximum Gasteiger partial charge on any atom is 0.169 e. The molecule has 4 aromatic rings. The summed E-state index contributed by atoms with van der Waals surface area (Å²) < 4.78 is 1.68. The lowest BCUT2D eigenvalue weighted by Gasteiger charge is -2.37. The summed E-state index contributed by atoms with van der Waals surface area (Å²) >= 11 is 0. The third-order valence-electron chi connectivity index (χ3n) is 6.45. The van der Waals surface area contributed by atoms with E-state index < -0.39 is 0 Å². The molecule has 1 fully saturated rings. The van der Waals surface area contributed by atoms with Gasteiger partial charge < -0.3 is 4.90 Å². The number of pyridine rings is 2. The fraction of sp³-hybridized carbons (Fsp3) is 0.346. The lowest BCUT2D eigenvalue weighted by atomic mass is 10.0. The maximum atomic E-state index is 13.1. The summed E-state index contributed by atoms with van der Waals surface area (Å²) in [6, 6.07) is 12.3. The number of rotatable bonds is 6. The molecule has 0 spiro atoms. The summed E-state index contributed by atoms with van der Waals surface area (Å²) in [7, 11) is 1.85. The van der Waals surface area contributed by atoms with Gasteiger partial charge in [-0.3, -0.25) is 19.4 Å². The highest BCUT2D eigenvalue weighted by molar-refractivity contribution is 5.98. The van der Waals surface area contributed by atoms with Crippen LogP contribution in [0.2, 0.25) is 0 Å². The van der Waals surface area contributed by atoms with Crippen molar-refractivity contribution in [1.82, 2.24) is 29.9 Å².